The van der Waals surface area contributed by atoms with Gasteiger partial charge in [0.1, 0.15) is 27.4 Å². The highest BCUT2D eigenvalue weighted by molar-refractivity contribution is 8.18. The third-order valence-corrected chi connectivity index (χ3v) is 11.9. The van der Waals surface area contributed by atoms with Crippen molar-refractivity contribution in [3.8, 4) is 17.2 Å². The van der Waals surface area contributed by atoms with Crippen LogP contribution in [0.3, 0.4) is 0 Å². The molecule has 0 aromatic heterocycles. The summed E-state index contributed by atoms with van der Waals surface area (Å²) < 4.78 is 22.4. The van der Waals surface area contributed by atoms with Gasteiger partial charge in [0.05, 0.1) is 35.0 Å². The van der Waals surface area contributed by atoms with Gasteiger partial charge in [-0.15, -0.1) is 23.5 Å². The maximum absolute atomic E-state index is 14.1. The molecule has 15 heteroatoms. The van der Waals surface area contributed by atoms with Crippen LogP contribution in [0.25, 0.3) is 0 Å². The summed E-state index contributed by atoms with van der Waals surface area (Å²) in [6, 6.07) is 3.51. The number of phenolic OH excluding ortho intramolecular Hbond substituents is 2. The van der Waals surface area contributed by atoms with E-state index < -0.39 is 100.0 Å². The lowest BCUT2D eigenvalue weighted by Crippen LogP contribution is -2.52. The third kappa shape index (κ3) is 6.03. The van der Waals surface area contributed by atoms with Gasteiger partial charge in [0.25, 0.3) is 0 Å². The number of aromatic hydroxyl groups is 2. The summed E-state index contributed by atoms with van der Waals surface area (Å²) in [6.07, 6.45) is -3.85. The molecule has 13 nitrogen and oxygen atoms in total. The van der Waals surface area contributed by atoms with Crippen molar-refractivity contribution in [1.29, 1.82) is 0 Å². The van der Waals surface area contributed by atoms with Crippen molar-refractivity contribution in [1.82, 2.24) is 0 Å². The quantitative estimate of drug-likeness (QED) is 0.137. The molecule has 0 radical (unpaired) electrons. The molecule has 4 unspecified atom stereocenters. The normalized spacial score (nSPS) is 29.0. The van der Waals surface area contributed by atoms with Gasteiger partial charge >= 0.3 is 5.97 Å². The maximum atomic E-state index is 14.1. The summed E-state index contributed by atoms with van der Waals surface area (Å²) in [5.74, 6) is -2.53. The minimum absolute atomic E-state index is 0.0295. The number of nitrogens with two attached hydrogens (primary N) is 1. The molecule has 252 valence electrons. The zero-order chi connectivity index (χ0) is 33.8. The maximum Gasteiger partial charge on any atom is 0.332 e. The van der Waals surface area contributed by atoms with Crippen molar-refractivity contribution in [3.05, 3.63) is 51.6 Å². The molecule has 0 bridgehead atoms. The van der Waals surface area contributed by atoms with Crippen molar-refractivity contribution >= 4 is 46.8 Å². The van der Waals surface area contributed by atoms with Crippen LogP contribution >= 0.6 is 23.5 Å². The zero-order valence-corrected chi connectivity index (χ0v) is 27.2. The number of Topliss-reactive ketones (excluding diaryl/α,β-unsaturated/α-hetero) is 1. The monoisotopic (exact) mass is 689 g/mol. The predicted molar refractivity (Wildman–Crippen MR) is 169 cm³/mol. The lowest BCUT2D eigenvalue weighted by molar-refractivity contribution is -0.247. The molecule has 2 aromatic carbocycles. The lowest BCUT2D eigenvalue weighted by atomic mass is 9.72. The van der Waals surface area contributed by atoms with Crippen LogP contribution in [0.2, 0.25) is 0 Å². The number of aliphatic hydroxyl groups excluding tert-OH is 1. The second kappa shape index (κ2) is 13.0. The summed E-state index contributed by atoms with van der Waals surface area (Å²) in [5.41, 5.74) is 2.46. The van der Waals surface area contributed by atoms with E-state index in [0.29, 0.717) is 0 Å². The number of carbonyl (C=O) groups is 4. The number of esters is 1. The molecule has 6 N–H and O–H groups in total. The molecule has 6 atom stereocenters. The average molecular weight is 690 g/mol. The first-order valence-corrected chi connectivity index (χ1v) is 17.3. The Labute approximate surface area is 278 Å². The zero-order valence-electron chi connectivity index (χ0n) is 25.6. The topological polar surface area (TPSA) is 212 Å². The Bertz CT molecular complexity index is 1630. The number of carbonyl (C=O) groups excluding carboxylic acids is 4. The number of hydrogen-bond donors (Lipinski definition) is 5. The molecular weight excluding hydrogens is 654 g/mol. The molecule has 2 saturated heterocycles. The molecular formula is C32H35NO12S2. The summed E-state index contributed by atoms with van der Waals surface area (Å²) in [6.45, 7) is 2.23. The van der Waals surface area contributed by atoms with Crippen LogP contribution in [0, 0.1) is 0 Å². The summed E-state index contributed by atoms with van der Waals surface area (Å²) in [4.78, 5) is 53.1. The molecule has 47 heavy (non-hydrogen) atoms. The van der Waals surface area contributed by atoms with Gasteiger partial charge in [0, 0.05) is 42.0 Å². The van der Waals surface area contributed by atoms with E-state index in [1.54, 1.807) is 6.92 Å². The molecule has 2 aliphatic heterocycles. The van der Waals surface area contributed by atoms with E-state index in [4.69, 9.17) is 24.7 Å². The highest BCUT2D eigenvalue weighted by Gasteiger charge is 2.49. The van der Waals surface area contributed by atoms with E-state index in [0.717, 1.165) is 17.9 Å². The fraction of sp³-hybridized carbons (Fsp3) is 0.500. The first kappa shape index (κ1) is 33.7. The lowest BCUT2D eigenvalue weighted by Gasteiger charge is -2.42. The van der Waals surface area contributed by atoms with E-state index in [1.807, 2.05) is 0 Å². The van der Waals surface area contributed by atoms with Crippen LogP contribution in [0.15, 0.2) is 18.2 Å². The number of benzene rings is 2. The second-order valence-electron chi connectivity index (χ2n) is 12.1. The Morgan fingerprint density at radius 3 is 2.47 bits per heavy atom. The van der Waals surface area contributed by atoms with Crippen LogP contribution < -0.4 is 10.5 Å². The second-order valence-corrected chi connectivity index (χ2v) is 14.8. The number of hydrogen-bond acceptors (Lipinski definition) is 15. The van der Waals surface area contributed by atoms with E-state index in [-0.39, 0.29) is 40.8 Å². The van der Waals surface area contributed by atoms with E-state index in [1.165, 1.54) is 48.6 Å². The third-order valence-electron chi connectivity index (χ3n) is 9.01. The minimum Gasteiger partial charge on any atom is -0.507 e. The predicted octanol–water partition coefficient (Wildman–Crippen LogP) is 2.10. The number of ether oxygens (including phenoxy) is 4. The standard InChI is InChI=1S/C32H35NO12S2/c1-13-25(35)17(33)9-20(44-13)45-19-11-32(41,14(2)34)10-16-22(19)29(39)24-23(27(16)37)26(36)15-5-3-6-18(21(15)28(24)38)42-12-43-30(40)31-46-7-4-8-47-31/h3,5-6,13,17,19-20,25,31,35,37,39,41H,4,7-12,33H2,1-2H3/t13?,17?,19-,20?,25?,32-/m0/s1. The number of aliphatic hydroxyl groups is 2. The van der Waals surface area contributed by atoms with Crippen LogP contribution in [0.5, 0.6) is 17.2 Å². The largest absolute Gasteiger partial charge is 0.507 e. The molecule has 0 amide bonds. The van der Waals surface area contributed by atoms with Gasteiger partial charge in [-0.1, -0.05) is 12.1 Å². The Hall–Kier alpha value is -3.18. The Balaban J connectivity index is 1.36. The van der Waals surface area contributed by atoms with Gasteiger partial charge in [-0.2, -0.15) is 0 Å². The molecule has 2 aromatic rings. The molecule has 2 aliphatic carbocycles. The highest BCUT2D eigenvalue weighted by Crippen LogP contribution is 2.52. The van der Waals surface area contributed by atoms with Gasteiger partial charge in [-0.3, -0.25) is 14.4 Å². The van der Waals surface area contributed by atoms with Crippen molar-refractivity contribution in [2.24, 2.45) is 5.73 Å². The molecule has 2 heterocycles. The number of ketones is 3. The first-order valence-electron chi connectivity index (χ1n) is 15.2. The van der Waals surface area contributed by atoms with E-state index >= 15 is 0 Å². The molecule has 6 rings (SSSR count). The highest BCUT2D eigenvalue weighted by atomic mass is 32.2. The van der Waals surface area contributed by atoms with Gasteiger partial charge in [0.2, 0.25) is 12.6 Å². The Morgan fingerprint density at radius 1 is 1.09 bits per heavy atom. The molecule has 0 spiro atoms. The van der Waals surface area contributed by atoms with Gasteiger partial charge in [-0.05, 0) is 37.8 Å². The van der Waals surface area contributed by atoms with Gasteiger partial charge < -0.3 is 45.1 Å². The van der Waals surface area contributed by atoms with Crippen molar-refractivity contribution in [2.45, 2.75) is 80.4 Å². The van der Waals surface area contributed by atoms with E-state index in [9.17, 15) is 39.6 Å². The summed E-state index contributed by atoms with van der Waals surface area (Å²) in [5, 5.41) is 44.8. The molecule has 2 fully saturated rings. The van der Waals surface area contributed by atoms with Gasteiger partial charge in [-0.25, -0.2) is 4.79 Å². The number of rotatable bonds is 7. The Morgan fingerprint density at radius 2 is 1.79 bits per heavy atom. The smallest absolute Gasteiger partial charge is 0.332 e. The van der Waals surface area contributed by atoms with Crippen molar-refractivity contribution in [2.75, 3.05) is 18.3 Å². The Kier molecular flexibility index (Phi) is 9.34. The number of thioether (sulfide) groups is 2. The molecule has 0 saturated carbocycles. The fourth-order valence-corrected chi connectivity index (χ4v) is 9.06. The van der Waals surface area contributed by atoms with Crippen molar-refractivity contribution in [3.63, 3.8) is 0 Å². The summed E-state index contributed by atoms with van der Waals surface area (Å²) in [7, 11) is 0. The minimum atomic E-state index is -2.05. The number of fused-ring (bicyclic) bond motifs is 3. The van der Waals surface area contributed by atoms with E-state index in [2.05, 4.69) is 0 Å². The van der Waals surface area contributed by atoms with Crippen LogP contribution in [-0.2, 0) is 30.2 Å². The van der Waals surface area contributed by atoms with Gasteiger partial charge in [0.15, 0.2) is 17.9 Å². The first-order chi connectivity index (χ1) is 22.3. The molecule has 4 aliphatic rings. The average Bonchev–Trinajstić information content (AvgIpc) is 3.04. The van der Waals surface area contributed by atoms with Crippen molar-refractivity contribution < 1.29 is 58.6 Å². The summed E-state index contributed by atoms with van der Waals surface area (Å²) >= 11 is 2.95. The van der Waals surface area contributed by atoms with Crippen LogP contribution in [-0.4, -0.2) is 96.8 Å². The fourth-order valence-electron chi connectivity index (χ4n) is 6.45. The SMILES string of the molecule is CC(=O)[C@]1(O)Cc2c(O)c3c(c(O)c2[C@@H](OC2CC(N)C(O)C(C)O2)C1)C(=O)c1c(OCOC(=O)C2SCCCS2)cccc1C3=O. The van der Waals surface area contributed by atoms with Crippen LogP contribution in [0.4, 0.5) is 0 Å². The van der Waals surface area contributed by atoms with Crippen LogP contribution in [0.1, 0.15) is 82.2 Å². The number of phenols is 2.